The number of rotatable bonds is 8. The zero-order valence-corrected chi connectivity index (χ0v) is 22.3. The summed E-state index contributed by atoms with van der Waals surface area (Å²) in [6, 6.07) is 9.30. The van der Waals surface area contributed by atoms with Crippen LogP contribution < -0.4 is 14.4 Å². The van der Waals surface area contributed by atoms with Crippen molar-refractivity contribution < 1.29 is 17.9 Å². The molecule has 4 aromatic rings. The third-order valence-corrected chi connectivity index (χ3v) is 8.49. The molecule has 0 amide bonds. The van der Waals surface area contributed by atoms with Crippen LogP contribution in [-0.2, 0) is 15.6 Å². The molecule has 5 rings (SSSR count). The minimum absolute atomic E-state index is 0.190. The Morgan fingerprint density at radius 3 is 2.34 bits per heavy atom. The van der Waals surface area contributed by atoms with Crippen molar-refractivity contribution >= 4 is 27.4 Å². The predicted molar refractivity (Wildman–Crippen MR) is 140 cm³/mol. The molecule has 1 aliphatic rings. The molecule has 0 bridgehead atoms. The summed E-state index contributed by atoms with van der Waals surface area (Å²) in [7, 11) is -0.769. The van der Waals surface area contributed by atoms with Gasteiger partial charge in [-0.05, 0) is 12.8 Å². The minimum atomic E-state index is -3.69. The highest BCUT2D eigenvalue weighted by Crippen LogP contribution is 2.34. The van der Waals surface area contributed by atoms with Gasteiger partial charge in [0.2, 0.25) is 17.7 Å². The van der Waals surface area contributed by atoms with E-state index in [4.69, 9.17) is 21.1 Å². The third-order valence-electron chi connectivity index (χ3n) is 6.23. The van der Waals surface area contributed by atoms with Crippen molar-refractivity contribution in [2.75, 3.05) is 32.2 Å². The Kier molecular flexibility index (Phi) is 7.38. The van der Waals surface area contributed by atoms with E-state index >= 15 is 0 Å². The topological polar surface area (TPSA) is 138 Å². The number of halogens is 1. The minimum Gasteiger partial charge on any atom is -0.479 e. The number of hydrogen-bond acceptors (Lipinski definition) is 11. The summed E-state index contributed by atoms with van der Waals surface area (Å²) < 4.78 is 40.1. The van der Waals surface area contributed by atoms with Gasteiger partial charge in [0.25, 0.3) is 0 Å². The van der Waals surface area contributed by atoms with Gasteiger partial charge in [-0.25, -0.2) is 18.4 Å². The van der Waals surface area contributed by atoms with Crippen molar-refractivity contribution in [3.8, 4) is 28.8 Å². The van der Waals surface area contributed by atoms with Gasteiger partial charge in [0.1, 0.15) is 12.1 Å². The standard InChI is InChI=1S/C24H25ClN8O4S/c1-36-22-20(23(37-2)29-15-28-22)33-19(30-31-21(33)16-7-4-3-5-8-16)14-38(34,35)18-9-6-10-32(13-18)24-26-11-17(25)12-27-24/h3-5,7-8,11-12,15,18H,6,9-10,13-14H2,1-2H3/t18-/m1/s1. The predicted octanol–water partition coefficient (Wildman–Crippen LogP) is 2.77. The van der Waals surface area contributed by atoms with Crippen molar-refractivity contribution in [3.05, 3.63) is 59.9 Å². The molecule has 1 fully saturated rings. The molecule has 3 aromatic heterocycles. The quantitative estimate of drug-likeness (QED) is 0.316. The molecule has 1 aliphatic heterocycles. The lowest BCUT2D eigenvalue weighted by atomic mass is 10.1. The van der Waals surface area contributed by atoms with Crippen LogP contribution in [0, 0.1) is 0 Å². The Labute approximate surface area is 224 Å². The Morgan fingerprint density at radius 2 is 1.68 bits per heavy atom. The van der Waals surface area contributed by atoms with Crippen LogP contribution in [0.1, 0.15) is 18.7 Å². The normalized spacial score (nSPS) is 15.9. The van der Waals surface area contributed by atoms with E-state index in [-0.39, 0.29) is 29.9 Å². The molecule has 0 unspecified atom stereocenters. The Balaban J connectivity index is 1.54. The molecule has 0 saturated carbocycles. The largest absolute Gasteiger partial charge is 0.479 e. The lowest BCUT2D eigenvalue weighted by molar-refractivity contribution is 0.368. The number of aromatic nitrogens is 7. The fourth-order valence-corrected chi connectivity index (χ4v) is 6.25. The molecular weight excluding hydrogens is 532 g/mol. The van der Waals surface area contributed by atoms with E-state index in [0.717, 1.165) is 5.56 Å². The number of ether oxygens (including phenoxy) is 2. The van der Waals surface area contributed by atoms with E-state index in [2.05, 4.69) is 30.1 Å². The fourth-order valence-electron chi connectivity index (χ4n) is 4.44. The molecular formula is C24H25ClN8O4S. The second-order valence-electron chi connectivity index (χ2n) is 8.60. The number of piperidine rings is 1. The van der Waals surface area contributed by atoms with Crippen LogP contribution >= 0.6 is 11.6 Å². The molecule has 14 heteroatoms. The summed E-state index contributed by atoms with van der Waals surface area (Å²) in [5.41, 5.74) is 1.03. The van der Waals surface area contributed by atoms with E-state index in [1.54, 1.807) is 4.57 Å². The second kappa shape index (κ2) is 10.9. The summed E-state index contributed by atoms with van der Waals surface area (Å²) in [4.78, 5) is 18.8. The highest BCUT2D eigenvalue weighted by Gasteiger charge is 2.34. The van der Waals surface area contributed by atoms with Crippen molar-refractivity contribution in [2.45, 2.75) is 23.8 Å². The summed E-state index contributed by atoms with van der Waals surface area (Å²) >= 11 is 5.92. The zero-order chi connectivity index (χ0) is 26.7. The lowest BCUT2D eigenvalue weighted by Gasteiger charge is -2.32. The summed E-state index contributed by atoms with van der Waals surface area (Å²) in [5.74, 6) is 1.05. The van der Waals surface area contributed by atoms with E-state index in [0.29, 0.717) is 41.9 Å². The molecule has 1 aromatic carbocycles. The van der Waals surface area contributed by atoms with Gasteiger partial charge in [0.05, 0.1) is 36.9 Å². The van der Waals surface area contributed by atoms with Gasteiger partial charge in [-0.2, -0.15) is 9.97 Å². The molecule has 1 saturated heterocycles. The molecule has 38 heavy (non-hydrogen) atoms. The van der Waals surface area contributed by atoms with Crippen molar-refractivity contribution in [1.82, 2.24) is 34.7 Å². The van der Waals surface area contributed by atoms with Crippen molar-refractivity contribution in [3.63, 3.8) is 0 Å². The maximum absolute atomic E-state index is 13.8. The van der Waals surface area contributed by atoms with E-state index < -0.39 is 15.1 Å². The van der Waals surface area contributed by atoms with E-state index in [1.807, 2.05) is 35.2 Å². The Bertz CT molecular complexity index is 1490. The molecule has 0 N–H and O–H groups in total. The fraction of sp³-hybridized carbons (Fsp3) is 0.333. The monoisotopic (exact) mass is 556 g/mol. The first kappa shape index (κ1) is 25.8. The molecule has 198 valence electrons. The summed E-state index contributed by atoms with van der Waals surface area (Å²) in [6.07, 6.45) is 5.48. The zero-order valence-electron chi connectivity index (χ0n) is 20.7. The van der Waals surface area contributed by atoms with Crippen LogP contribution in [0.2, 0.25) is 5.02 Å². The average molecular weight is 557 g/mol. The molecule has 0 aliphatic carbocycles. The number of benzene rings is 1. The summed E-state index contributed by atoms with van der Waals surface area (Å²) in [5, 5.41) is 8.41. The molecule has 12 nitrogen and oxygen atoms in total. The van der Waals surface area contributed by atoms with Gasteiger partial charge < -0.3 is 14.4 Å². The average Bonchev–Trinajstić information content (AvgIpc) is 3.35. The number of methoxy groups -OCH3 is 2. The Morgan fingerprint density at radius 1 is 1.00 bits per heavy atom. The van der Waals surface area contributed by atoms with E-state index in [1.165, 1.54) is 32.9 Å². The van der Waals surface area contributed by atoms with Crippen molar-refractivity contribution in [2.24, 2.45) is 0 Å². The van der Waals surface area contributed by atoms with Crippen LogP contribution in [-0.4, -0.2) is 75.7 Å². The van der Waals surface area contributed by atoms with Crippen LogP contribution in [0.5, 0.6) is 11.8 Å². The van der Waals surface area contributed by atoms with Gasteiger partial charge >= 0.3 is 0 Å². The number of sulfone groups is 1. The third kappa shape index (κ3) is 5.11. The number of anilines is 1. The van der Waals surface area contributed by atoms with Crippen LogP contribution in [0.25, 0.3) is 17.1 Å². The summed E-state index contributed by atoms with van der Waals surface area (Å²) in [6.45, 7) is 0.905. The van der Waals surface area contributed by atoms with Gasteiger partial charge in [0.15, 0.2) is 27.2 Å². The molecule has 1 atom stereocenters. The van der Waals surface area contributed by atoms with Gasteiger partial charge in [-0.15, -0.1) is 10.2 Å². The van der Waals surface area contributed by atoms with Crippen LogP contribution in [0.15, 0.2) is 49.1 Å². The van der Waals surface area contributed by atoms with Crippen LogP contribution in [0.3, 0.4) is 0 Å². The number of nitrogens with zero attached hydrogens (tertiary/aromatic N) is 8. The second-order valence-corrected chi connectivity index (χ2v) is 11.3. The highest BCUT2D eigenvalue weighted by molar-refractivity contribution is 7.91. The number of hydrogen-bond donors (Lipinski definition) is 0. The molecule has 0 spiro atoms. The van der Waals surface area contributed by atoms with Crippen LogP contribution in [0.4, 0.5) is 5.95 Å². The smallest absolute Gasteiger partial charge is 0.245 e. The first-order valence-electron chi connectivity index (χ1n) is 11.8. The van der Waals surface area contributed by atoms with Gasteiger partial charge in [-0.1, -0.05) is 41.9 Å². The maximum Gasteiger partial charge on any atom is 0.245 e. The lowest BCUT2D eigenvalue weighted by Crippen LogP contribution is -2.43. The SMILES string of the molecule is COc1ncnc(OC)c1-n1c(CS(=O)(=O)[C@@H]2CCCN(c3ncc(Cl)cn3)C2)nnc1-c1ccccc1. The Hall–Kier alpha value is -3.84. The maximum atomic E-state index is 13.8. The first-order chi connectivity index (χ1) is 18.4. The molecule has 4 heterocycles. The first-order valence-corrected chi connectivity index (χ1v) is 13.9. The van der Waals surface area contributed by atoms with Gasteiger partial charge in [-0.3, -0.25) is 4.57 Å². The highest BCUT2D eigenvalue weighted by atomic mass is 35.5. The van der Waals surface area contributed by atoms with Crippen molar-refractivity contribution in [1.29, 1.82) is 0 Å². The van der Waals surface area contributed by atoms with Gasteiger partial charge in [0, 0.05) is 18.7 Å². The van der Waals surface area contributed by atoms with E-state index in [9.17, 15) is 8.42 Å². The molecule has 0 radical (unpaired) electrons.